The van der Waals surface area contributed by atoms with Crippen LogP contribution in [0.2, 0.25) is 0 Å². The molecule has 1 heterocycles. The number of carboxylic acids is 1. The van der Waals surface area contributed by atoms with Crippen LogP contribution in [-0.2, 0) is 9.53 Å². The third-order valence-corrected chi connectivity index (χ3v) is 2.91. The highest BCUT2D eigenvalue weighted by atomic mass is 32.1. The lowest BCUT2D eigenvalue weighted by molar-refractivity contribution is -0.145. The number of rotatable bonds is 5. The van der Waals surface area contributed by atoms with Crippen LogP contribution in [0.4, 0.5) is 0 Å². The predicted octanol–water partition coefficient (Wildman–Crippen LogP) is 0.968. The van der Waals surface area contributed by atoms with E-state index in [0.29, 0.717) is 4.88 Å². The van der Waals surface area contributed by atoms with Gasteiger partial charge in [0.1, 0.15) is 0 Å². The molecule has 0 aromatic carbocycles. The van der Waals surface area contributed by atoms with Crippen molar-refractivity contribution < 1.29 is 19.4 Å². The fraction of sp³-hybridized carbons (Fsp3) is 0.400. The van der Waals surface area contributed by atoms with E-state index in [2.05, 4.69) is 5.32 Å². The smallest absolute Gasteiger partial charge is 0.331 e. The molecule has 1 aromatic heterocycles. The van der Waals surface area contributed by atoms with Crippen molar-refractivity contribution in [3.05, 3.63) is 22.4 Å². The zero-order valence-electron chi connectivity index (χ0n) is 9.02. The maximum absolute atomic E-state index is 11.7. The molecule has 1 atom stereocenters. The van der Waals surface area contributed by atoms with Gasteiger partial charge >= 0.3 is 5.97 Å². The molecular formula is C10H13NO4S. The van der Waals surface area contributed by atoms with Crippen molar-refractivity contribution in [2.24, 2.45) is 0 Å². The van der Waals surface area contributed by atoms with Crippen molar-refractivity contribution in [3.63, 3.8) is 0 Å². The maximum Gasteiger partial charge on any atom is 0.331 e. The van der Waals surface area contributed by atoms with E-state index in [-0.39, 0.29) is 6.61 Å². The minimum Gasteiger partial charge on any atom is -0.479 e. The highest BCUT2D eigenvalue weighted by Gasteiger charge is 2.35. The molecule has 0 aliphatic carbocycles. The molecule has 0 fully saturated rings. The summed E-state index contributed by atoms with van der Waals surface area (Å²) in [6, 6.07) is 3.36. The number of hydrogen-bond donors (Lipinski definition) is 2. The number of thiophene rings is 1. The Morgan fingerprint density at radius 3 is 2.75 bits per heavy atom. The first-order valence-electron chi connectivity index (χ1n) is 4.58. The number of aliphatic carboxylic acids is 1. The van der Waals surface area contributed by atoms with Crippen molar-refractivity contribution in [2.45, 2.75) is 12.5 Å². The van der Waals surface area contributed by atoms with Crippen LogP contribution in [0.1, 0.15) is 16.6 Å². The molecule has 1 rings (SSSR count). The Morgan fingerprint density at radius 1 is 1.62 bits per heavy atom. The van der Waals surface area contributed by atoms with Crippen LogP contribution in [0.15, 0.2) is 17.5 Å². The molecule has 6 heteroatoms. The van der Waals surface area contributed by atoms with Gasteiger partial charge in [0.05, 0.1) is 11.5 Å². The van der Waals surface area contributed by atoms with Gasteiger partial charge in [-0.15, -0.1) is 11.3 Å². The molecule has 0 spiro atoms. The third-order valence-electron chi connectivity index (χ3n) is 2.04. The number of amides is 1. The predicted molar refractivity (Wildman–Crippen MR) is 59.7 cm³/mol. The average Bonchev–Trinajstić information content (AvgIpc) is 2.70. The lowest BCUT2D eigenvalue weighted by atomic mass is 10.0. The molecule has 0 saturated heterocycles. The molecule has 0 aliphatic rings. The van der Waals surface area contributed by atoms with Crippen LogP contribution in [0.5, 0.6) is 0 Å². The fourth-order valence-electron chi connectivity index (χ4n) is 1.16. The molecule has 0 radical (unpaired) electrons. The van der Waals surface area contributed by atoms with E-state index in [1.54, 1.807) is 17.5 Å². The molecule has 0 bridgehead atoms. The Labute approximate surface area is 97.0 Å². The summed E-state index contributed by atoms with van der Waals surface area (Å²) in [5, 5.41) is 13.2. The van der Waals surface area contributed by atoms with Crippen LogP contribution >= 0.6 is 11.3 Å². The summed E-state index contributed by atoms with van der Waals surface area (Å²) < 4.78 is 4.79. The Hall–Kier alpha value is -1.40. The molecular weight excluding hydrogens is 230 g/mol. The van der Waals surface area contributed by atoms with Crippen molar-refractivity contribution in [2.75, 3.05) is 13.7 Å². The van der Waals surface area contributed by atoms with Gasteiger partial charge in [-0.05, 0) is 18.4 Å². The number of ether oxygens (including phenoxy) is 1. The van der Waals surface area contributed by atoms with Crippen LogP contribution in [0.25, 0.3) is 0 Å². The number of nitrogens with one attached hydrogen (secondary N) is 1. The first-order chi connectivity index (χ1) is 7.49. The van der Waals surface area contributed by atoms with E-state index in [9.17, 15) is 9.59 Å². The second-order valence-corrected chi connectivity index (χ2v) is 4.45. The quantitative estimate of drug-likeness (QED) is 0.808. The van der Waals surface area contributed by atoms with E-state index in [0.717, 1.165) is 0 Å². The summed E-state index contributed by atoms with van der Waals surface area (Å²) >= 11 is 1.26. The number of carboxylic acid groups (broad SMARTS) is 1. The van der Waals surface area contributed by atoms with Gasteiger partial charge in [0.25, 0.3) is 5.91 Å². The Bertz CT molecular complexity index is 376. The standard InChI is InChI=1S/C10H13NO4S/c1-10(6-15-2,9(13)14)11-8(12)7-4-3-5-16-7/h3-5H,6H2,1-2H3,(H,11,12)(H,13,14). The van der Waals surface area contributed by atoms with Gasteiger partial charge in [-0.25, -0.2) is 4.79 Å². The van der Waals surface area contributed by atoms with Crippen LogP contribution in [0, 0.1) is 0 Å². The average molecular weight is 243 g/mol. The Morgan fingerprint density at radius 2 is 2.31 bits per heavy atom. The topological polar surface area (TPSA) is 75.6 Å². The van der Waals surface area contributed by atoms with E-state index >= 15 is 0 Å². The summed E-state index contributed by atoms with van der Waals surface area (Å²) in [5.74, 6) is -1.53. The van der Waals surface area contributed by atoms with Crippen LogP contribution < -0.4 is 5.32 Å². The molecule has 2 N–H and O–H groups in total. The summed E-state index contributed by atoms with van der Waals surface area (Å²) in [7, 11) is 1.39. The Balaban J connectivity index is 2.77. The summed E-state index contributed by atoms with van der Waals surface area (Å²) in [6.45, 7) is 1.32. The summed E-state index contributed by atoms with van der Waals surface area (Å²) in [6.07, 6.45) is 0. The van der Waals surface area contributed by atoms with Gasteiger partial charge in [0, 0.05) is 7.11 Å². The normalized spacial score (nSPS) is 14.1. The van der Waals surface area contributed by atoms with E-state index in [1.165, 1.54) is 25.4 Å². The maximum atomic E-state index is 11.7. The first-order valence-corrected chi connectivity index (χ1v) is 5.46. The molecule has 5 nitrogen and oxygen atoms in total. The monoisotopic (exact) mass is 243 g/mol. The molecule has 0 saturated carbocycles. The fourth-order valence-corrected chi connectivity index (χ4v) is 1.78. The molecule has 16 heavy (non-hydrogen) atoms. The SMILES string of the molecule is COCC(C)(NC(=O)c1cccs1)C(=O)O. The minimum absolute atomic E-state index is 0.0839. The lowest BCUT2D eigenvalue weighted by Gasteiger charge is -2.24. The minimum atomic E-state index is -1.41. The number of methoxy groups -OCH3 is 1. The van der Waals surface area contributed by atoms with E-state index in [4.69, 9.17) is 9.84 Å². The second-order valence-electron chi connectivity index (χ2n) is 3.50. The highest BCUT2D eigenvalue weighted by molar-refractivity contribution is 7.12. The van der Waals surface area contributed by atoms with Crippen molar-refractivity contribution in [1.82, 2.24) is 5.32 Å². The molecule has 88 valence electrons. The van der Waals surface area contributed by atoms with Crippen LogP contribution in [0.3, 0.4) is 0 Å². The molecule has 1 amide bonds. The zero-order chi connectivity index (χ0) is 12.2. The van der Waals surface area contributed by atoms with Crippen molar-refractivity contribution >= 4 is 23.2 Å². The number of carbonyl (C=O) groups excluding carboxylic acids is 1. The van der Waals surface area contributed by atoms with Gasteiger partial charge in [-0.2, -0.15) is 0 Å². The van der Waals surface area contributed by atoms with Crippen molar-refractivity contribution in [3.8, 4) is 0 Å². The zero-order valence-corrected chi connectivity index (χ0v) is 9.84. The largest absolute Gasteiger partial charge is 0.479 e. The lowest BCUT2D eigenvalue weighted by Crippen LogP contribution is -2.55. The molecule has 0 aliphatic heterocycles. The third kappa shape index (κ3) is 2.80. The van der Waals surface area contributed by atoms with E-state index < -0.39 is 17.4 Å². The first kappa shape index (κ1) is 12.7. The summed E-state index contributed by atoms with van der Waals surface area (Å²) in [4.78, 5) is 23.2. The van der Waals surface area contributed by atoms with Crippen LogP contribution in [-0.4, -0.2) is 36.2 Å². The van der Waals surface area contributed by atoms with Gasteiger partial charge in [-0.3, -0.25) is 4.79 Å². The van der Waals surface area contributed by atoms with Gasteiger partial charge in [0.15, 0.2) is 5.54 Å². The van der Waals surface area contributed by atoms with Crippen molar-refractivity contribution in [1.29, 1.82) is 0 Å². The van der Waals surface area contributed by atoms with Gasteiger partial charge in [0.2, 0.25) is 0 Å². The number of hydrogen-bond acceptors (Lipinski definition) is 4. The highest BCUT2D eigenvalue weighted by Crippen LogP contribution is 2.11. The van der Waals surface area contributed by atoms with Gasteiger partial charge < -0.3 is 15.2 Å². The molecule has 1 unspecified atom stereocenters. The van der Waals surface area contributed by atoms with Gasteiger partial charge in [-0.1, -0.05) is 6.07 Å². The Kier molecular flexibility index (Phi) is 4.03. The summed E-state index contributed by atoms with van der Waals surface area (Å²) in [5.41, 5.74) is -1.41. The second kappa shape index (κ2) is 5.09. The number of carbonyl (C=O) groups is 2. The van der Waals surface area contributed by atoms with E-state index in [1.807, 2.05) is 0 Å². The molecule has 1 aromatic rings.